The summed E-state index contributed by atoms with van der Waals surface area (Å²) in [5.41, 5.74) is 1.38. The maximum absolute atomic E-state index is 12.1. The molecular formula is C19H21N3O5S. The van der Waals surface area contributed by atoms with Crippen molar-refractivity contribution in [1.29, 1.82) is 0 Å². The minimum atomic E-state index is -3.33. The van der Waals surface area contributed by atoms with Gasteiger partial charge in [0.2, 0.25) is 10.0 Å². The maximum Gasteiger partial charge on any atom is 0.313 e. The van der Waals surface area contributed by atoms with E-state index in [-0.39, 0.29) is 12.3 Å². The third-order valence-electron chi connectivity index (χ3n) is 4.34. The van der Waals surface area contributed by atoms with Gasteiger partial charge in [0.05, 0.1) is 17.5 Å². The van der Waals surface area contributed by atoms with Crippen molar-refractivity contribution in [3.63, 3.8) is 0 Å². The van der Waals surface area contributed by atoms with Gasteiger partial charge < -0.3 is 15.7 Å². The summed E-state index contributed by atoms with van der Waals surface area (Å²) in [7, 11) is -3.33. The van der Waals surface area contributed by atoms with E-state index >= 15 is 0 Å². The van der Waals surface area contributed by atoms with Crippen LogP contribution in [0.1, 0.15) is 18.1 Å². The first-order valence-electron chi connectivity index (χ1n) is 8.79. The molecule has 0 spiro atoms. The molecule has 3 N–H and O–H groups in total. The van der Waals surface area contributed by atoms with Crippen LogP contribution in [0.2, 0.25) is 0 Å². The number of nitrogens with zero attached hydrogens (tertiary/aromatic N) is 1. The number of benzene rings is 2. The number of sulfonamides is 1. The number of amides is 2. The summed E-state index contributed by atoms with van der Waals surface area (Å²) in [6.07, 6.45) is -0.382. The van der Waals surface area contributed by atoms with E-state index in [1.807, 2.05) is 6.07 Å². The van der Waals surface area contributed by atoms with Gasteiger partial charge in [-0.15, -0.1) is 0 Å². The van der Waals surface area contributed by atoms with E-state index in [2.05, 4.69) is 10.6 Å². The summed E-state index contributed by atoms with van der Waals surface area (Å²) in [5.74, 6) is -1.70. The van der Waals surface area contributed by atoms with Crippen molar-refractivity contribution in [2.45, 2.75) is 12.5 Å². The highest BCUT2D eigenvalue weighted by Crippen LogP contribution is 2.26. The quantitative estimate of drug-likeness (QED) is 0.645. The minimum Gasteiger partial charge on any atom is -0.387 e. The second-order valence-corrected chi connectivity index (χ2v) is 8.40. The number of carbonyl (C=O) groups excluding carboxylic acids is 2. The topological polar surface area (TPSA) is 116 Å². The van der Waals surface area contributed by atoms with Crippen LogP contribution in [0.25, 0.3) is 0 Å². The number of anilines is 2. The third-order valence-corrected chi connectivity index (χ3v) is 6.21. The SMILES string of the molecule is O=C(NC[C@H](O)c1ccccc1)C(=O)Nc1cccc(N2CCCS2(=O)=O)c1. The molecule has 1 fully saturated rings. The predicted molar refractivity (Wildman–Crippen MR) is 105 cm³/mol. The second kappa shape index (κ2) is 8.41. The van der Waals surface area contributed by atoms with Crippen molar-refractivity contribution < 1.29 is 23.1 Å². The highest BCUT2D eigenvalue weighted by molar-refractivity contribution is 7.93. The number of nitrogens with one attached hydrogen (secondary N) is 2. The van der Waals surface area contributed by atoms with Crippen molar-refractivity contribution in [3.05, 3.63) is 60.2 Å². The van der Waals surface area contributed by atoms with Crippen molar-refractivity contribution in [2.75, 3.05) is 28.5 Å². The predicted octanol–water partition coefficient (Wildman–Crippen LogP) is 1.01. The van der Waals surface area contributed by atoms with Gasteiger partial charge in [-0.2, -0.15) is 0 Å². The zero-order chi connectivity index (χ0) is 20.1. The van der Waals surface area contributed by atoms with Crippen LogP contribution in [0, 0.1) is 0 Å². The summed E-state index contributed by atoms with van der Waals surface area (Å²) >= 11 is 0. The summed E-state index contributed by atoms with van der Waals surface area (Å²) < 4.78 is 25.3. The Labute approximate surface area is 163 Å². The number of aliphatic hydroxyl groups is 1. The molecule has 2 amide bonds. The van der Waals surface area contributed by atoms with Crippen LogP contribution >= 0.6 is 0 Å². The Kier molecular flexibility index (Phi) is 5.96. The molecule has 1 atom stereocenters. The highest BCUT2D eigenvalue weighted by Gasteiger charge is 2.28. The molecule has 2 aromatic rings. The smallest absolute Gasteiger partial charge is 0.313 e. The Morgan fingerprint density at radius 3 is 2.50 bits per heavy atom. The maximum atomic E-state index is 12.1. The van der Waals surface area contributed by atoms with Crippen LogP contribution < -0.4 is 14.9 Å². The standard InChI is InChI=1S/C19H21N3O5S/c23-17(14-6-2-1-3-7-14)13-20-18(24)19(25)21-15-8-4-9-16(12-15)22-10-5-11-28(22,26)27/h1-4,6-9,12,17,23H,5,10-11,13H2,(H,20,24)(H,21,25)/t17-/m0/s1. The Bertz CT molecular complexity index is 963. The van der Waals surface area contributed by atoms with E-state index in [9.17, 15) is 23.1 Å². The van der Waals surface area contributed by atoms with Gasteiger partial charge in [-0.1, -0.05) is 36.4 Å². The average molecular weight is 403 g/mol. The summed E-state index contributed by atoms with van der Waals surface area (Å²) in [4.78, 5) is 24.1. The lowest BCUT2D eigenvalue weighted by atomic mass is 10.1. The summed E-state index contributed by atoms with van der Waals surface area (Å²) in [5, 5.41) is 14.9. The number of hydrogen-bond donors (Lipinski definition) is 3. The molecule has 0 saturated carbocycles. The van der Waals surface area contributed by atoms with Gasteiger partial charge in [-0.3, -0.25) is 13.9 Å². The lowest BCUT2D eigenvalue weighted by Crippen LogP contribution is -2.37. The zero-order valence-corrected chi connectivity index (χ0v) is 15.9. The first-order chi connectivity index (χ1) is 13.4. The van der Waals surface area contributed by atoms with Crippen LogP contribution in [0.15, 0.2) is 54.6 Å². The van der Waals surface area contributed by atoms with Crippen LogP contribution in [0.5, 0.6) is 0 Å². The average Bonchev–Trinajstić information content (AvgIpc) is 3.05. The molecule has 0 aromatic heterocycles. The molecule has 0 unspecified atom stereocenters. The zero-order valence-electron chi connectivity index (χ0n) is 15.0. The molecule has 2 aromatic carbocycles. The van der Waals surface area contributed by atoms with Crippen molar-refractivity contribution >= 4 is 33.2 Å². The molecule has 148 valence electrons. The largest absolute Gasteiger partial charge is 0.387 e. The first-order valence-corrected chi connectivity index (χ1v) is 10.4. The molecule has 8 nitrogen and oxygen atoms in total. The Balaban J connectivity index is 1.58. The fourth-order valence-electron chi connectivity index (χ4n) is 2.92. The van der Waals surface area contributed by atoms with Crippen LogP contribution in [-0.2, 0) is 19.6 Å². The molecule has 9 heteroatoms. The lowest BCUT2D eigenvalue weighted by molar-refractivity contribution is -0.136. The van der Waals surface area contributed by atoms with Gasteiger partial charge in [-0.25, -0.2) is 8.42 Å². The van der Waals surface area contributed by atoms with Crippen molar-refractivity contribution in [3.8, 4) is 0 Å². The monoisotopic (exact) mass is 403 g/mol. The number of hydrogen-bond acceptors (Lipinski definition) is 5. The van der Waals surface area contributed by atoms with E-state index in [1.165, 1.54) is 10.4 Å². The Morgan fingerprint density at radius 1 is 1.07 bits per heavy atom. The van der Waals surface area contributed by atoms with Crippen LogP contribution in [-0.4, -0.2) is 44.2 Å². The fourth-order valence-corrected chi connectivity index (χ4v) is 4.48. The number of carbonyl (C=O) groups is 2. The Hall–Kier alpha value is -2.91. The van der Waals surface area contributed by atoms with Crippen molar-refractivity contribution in [1.82, 2.24) is 5.32 Å². The molecule has 0 aliphatic carbocycles. The lowest BCUT2D eigenvalue weighted by Gasteiger charge is -2.17. The van der Waals surface area contributed by atoms with Gasteiger partial charge in [0.1, 0.15) is 0 Å². The van der Waals surface area contributed by atoms with Crippen LogP contribution in [0.4, 0.5) is 11.4 Å². The summed E-state index contributed by atoms with van der Waals surface area (Å²) in [6.45, 7) is 0.278. The molecule has 3 rings (SSSR count). The van der Waals surface area contributed by atoms with E-state index in [4.69, 9.17) is 0 Å². The molecule has 1 saturated heterocycles. The second-order valence-electron chi connectivity index (χ2n) is 6.38. The van der Waals surface area contributed by atoms with Gasteiger partial charge >= 0.3 is 11.8 Å². The van der Waals surface area contributed by atoms with Gasteiger partial charge in [0, 0.05) is 18.8 Å². The fraction of sp³-hybridized carbons (Fsp3) is 0.263. The van der Waals surface area contributed by atoms with E-state index in [1.54, 1.807) is 42.5 Å². The summed E-state index contributed by atoms with van der Waals surface area (Å²) in [6, 6.07) is 15.1. The normalized spacial score (nSPS) is 16.4. The highest BCUT2D eigenvalue weighted by atomic mass is 32.2. The molecule has 1 aliphatic heterocycles. The molecule has 28 heavy (non-hydrogen) atoms. The van der Waals surface area contributed by atoms with Crippen molar-refractivity contribution in [2.24, 2.45) is 0 Å². The molecule has 0 bridgehead atoms. The molecule has 1 heterocycles. The van der Waals surface area contributed by atoms with Gasteiger partial charge in [0.25, 0.3) is 0 Å². The minimum absolute atomic E-state index is 0.0930. The molecular weight excluding hydrogens is 382 g/mol. The first kappa shape index (κ1) is 19.8. The van der Waals surface area contributed by atoms with Crippen LogP contribution in [0.3, 0.4) is 0 Å². The van der Waals surface area contributed by atoms with E-state index in [0.29, 0.717) is 29.9 Å². The van der Waals surface area contributed by atoms with Gasteiger partial charge in [0.15, 0.2) is 0 Å². The number of aliphatic hydroxyl groups excluding tert-OH is 1. The number of rotatable bonds is 5. The molecule has 1 aliphatic rings. The molecule has 0 radical (unpaired) electrons. The Morgan fingerprint density at radius 2 is 1.82 bits per heavy atom. The third kappa shape index (κ3) is 4.68. The van der Waals surface area contributed by atoms with E-state index in [0.717, 1.165) is 0 Å². The van der Waals surface area contributed by atoms with E-state index < -0.39 is 27.9 Å². The van der Waals surface area contributed by atoms with Gasteiger partial charge in [-0.05, 0) is 30.2 Å².